The van der Waals surface area contributed by atoms with Crippen LogP contribution in [0, 0.1) is 5.92 Å². The lowest BCUT2D eigenvalue weighted by atomic mass is 10.1. The molecule has 1 fully saturated rings. The summed E-state index contributed by atoms with van der Waals surface area (Å²) in [5.41, 5.74) is 1.71. The van der Waals surface area contributed by atoms with E-state index in [0.717, 1.165) is 6.42 Å². The van der Waals surface area contributed by atoms with Crippen molar-refractivity contribution in [3.63, 3.8) is 0 Å². The molecule has 1 aliphatic rings. The van der Waals surface area contributed by atoms with E-state index in [1.165, 1.54) is 5.56 Å². The SMILES string of the molecule is O=C(Nc1c(Cl)cccc1Cl)C1CC1c1ccccc1. The van der Waals surface area contributed by atoms with Gasteiger partial charge in [0, 0.05) is 5.92 Å². The third kappa shape index (κ3) is 2.67. The van der Waals surface area contributed by atoms with Crippen LogP contribution in [0.5, 0.6) is 0 Å². The summed E-state index contributed by atoms with van der Waals surface area (Å²) in [5.74, 6) is 0.288. The normalized spacial score (nSPS) is 20.5. The Labute approximate surface area is 127 Å². The maximum Gasteiger partial charge on any atom is 0.228 e. The van der Waals surface area contributed by atoms with E-state index in [4.69, 9.17) is 23.2 Å². The number of benzene rings is 2. The van der Waals surface area contributed by atoms with E-state index < -0.39 is 0 Å². The third-order valence-corrected chi connectivity index (χ3v) is 4.20. The zero-order valence-corrected chi connectivity index (χ0v) is 12.2. The van der Waals surface area contributed by atoms with Crippen LogP contribution < -0.4 is 5.32 Å². The number of anilines is 1. The fourth-order valence-corrected chi connectivity index (χ4v) is 2.88. The molecule has 1 saturated carbocycles. The standard InChI is InChI=1S/C16H13Cl2NO/c17-13-7-4-8-14(18)15(13)19-16(20)12-9-11(12)10-5-2-1-3-6-10/h1-8,11-12H,9H2,(H,19,20). The molecule has 2 atom stereocenters. The van der Waals surface area contributed by atoms with Crippen molar-refractivity contribution >= 4 is 34.8 Å². The molecule has 4 heteroatoms. The van der Waals surface area contributed by atoms with Gasteiger partial charge in [0.15, 0.2) is 0 Å². The molecular formula is C16H13Cl2NO. The summed E-state index contributed by atoms with van der Waals surface area (Å²) in [6.07, 6.45) is 0.873. The molecule has 0 aliphatic heterocycles. The first-order valence-corrected chi connectivity index (χ1v) is 7.22. The van der Waals surface area contributed by atoms with Gasteiger partial charge in [0.25, 0.3) is 0 Å². The van der Waals surface area contributed by atoms with Gasteiger partial charge in [-0.15, -0.1) is 0 Å². The van der Waals surface area contributed by atoms with Crippen molar-refractivity contribution in [1.29, 1.82) is 0 Å². The van der Waals surface area contributed by atoms with E-state index >= 15 is 0 Å². The Morgan fingerprint density at radius 3 is 2.30 bits per heavy atom. The van der Waals surface area contributed by atoms with Gasteiger partial charge in [-0.3, -0.25) is 4.79 Å². The molecule has 2 aromatic carbocycles. The van der Waals surface area contributed by atoms with E-state index in [2.05, 4.69) is 17.4 Å². The molecule has 1 amide bonds. The third-order valence-electron chi connectivity index (χ3n) is 3.57. The van der Waals surface area contributed by atoms with Gasteiger partial charge in [0.1, 0.15) is 0 Å². The maximum absolute atomic E-state index is 12.2. The number of carbonyl (C=O) groups is 1. The number of carbonyl (C=O) groups excluding carboxylic acids is 1. The van der Waals surface area contributed by atoms with E-state index in [-0.39, 0.29) is 11.8 Å². The van der Waals surface area contributed by atoms with Gasteiger partial charge in [-0.25, -0.2) is 0 Å². The minimum atomic E-state index is -0.0196. The predicted octanol–water partition coefficient (Wildman–Crippen LogP) is 4.74. The van der Waals surface area contributed by atoms with Gasteiger partial charge >= 0.3 is 0 Å². The van der Waals surface area contributed by atoms with E-state index in [1.54, 1.807) is 18.2 Å². The monoisotopic (exact) mass is 305 g/mol. The van der Waals surface area contributed by atoms with Crippen molar-refractivity contribution in [3.8, 4) is 0 Å². The summed E-state index contributed by atoms with van der Waals surface area (Å²) >= 11 is 12.1. The summed E-state index contributed by atoms with van der Waals surface area (Å²) in [5, 5.41) is 3.76. The Morgan fingerprint density at radius 1 is 1.00 bits per heavy atom. The van der Waals surface area contributed by atoms with Crippen molar-refractivity contribution in [1.82, 2.24) is 0 Å². The predicted molar refractivity (Wildman–Crippen MR) is 82.4 cm³/mol. The average molecular weight is 306 g/mol. The quantitative estimate of drug-likeness (QED) is 0.872. The summed E-state index contributed by atoms with van der Waals surface area (Å²) in [6.45, 7) is 0. The van der Waals surface area contributed by atoms with Gasteiger partial charge < -0.3 is 5.32 Å². The molecule has 3 rings (SSSR count). The van der Waals surface area contributed by atoms with Crippen molar-refractivity contribution in [2.45, 2.75) is 12.3 Å². The van der Waals surface area contributed by atoms with Gasteiger partial charge in [0.2, 0.25) is 5.91 Å². The molecule has 2 aromatic rings. The number of hydrogen-bond donors (Lipinski definition) is 1. The summed E-state index contributed by atoms with van der Waals surface area (Å²) in [7, 11) is 0. The first-order chi connectivity index (χ1) is 9.66. The first kappa shape index (κ1) is 13.5. The van der Waals surface area contributed by atoms with Crippen LogP contribution >= 0.6 is 23.2 Å². The molecule has 102 valence electrons. The van der Waals surface area contributed by atoms with Crippen LogP contribution in [0.25, 0.3) is 0 Å². The van der Waals surface area contributed by atoms with Crippen LogP contribution in [0.1, 0.15) is 17.9 Å². The molecule has 0 heterocycles. The highest BCUT2D eigenvalue weighted by Gasteiger charge is 2.44. The minimum Gasteiger partial charge on any atom is -0.323 e. The molecule has 1 aliphatic carbocycles. The lowest BCUT2D eigenvalue weighted by Crippen LogP contribution is -2.15. The van der Waals surface area contributed by atoms with Crippen LogP contribution in [0.4, 0.5) is 5.69 Å². The van der Waals surface area contributed by atoms with Crippen molar-refractivity contribution in [2.75, 3.05) is 5.32 Å². The summed E-state index contributed by atoms with van der Waals surface area (Å²) < 4.78 is 0. The van der Waals surface area contributed by atoms with Crippen LogP contribution in [0.15, 0.2) is 48.5 Å². The lowest BCUT2D eigenvalue weighted by Gasteiger charge is -2.09. The first-order valence-electron chi connectivity index (χ1n) is 6.46. The Bertz CT molecular complexity index is 622. The summed E-state index contributed by atoms with van der Waals surface area (Å²) in [6, 6.07) is 15.3. The number of amides is 1. The van der Waals surface area contributed by atoms with E-state index in [9.17, 15) is 4.79 Å². The molecule has 0 radical (unpaired) electrons. The highest BCUT2D eigenvalue weighted by molar-refractivity contribution is 6.39. The highest BCUT2D eigenvalue weighted by atomic mass is 35.5. The molecule has 0 bridgehead atoms. The molecule has 0 spiro atoms. The molecule has 2 nitrogen and oxygen atoms in total. The van der Waals surface area contributed by atoms with Crippen molar-refractivity contribution < 1.29 is 4.79 Å². The van der Waals surface area contributed by atoms with Crippen LogP contribution in [-0.2, 0) is 4.79 Å². The largest absolute Gasteiger partial charge is 0.323 e. The molecule has 0 aromatic heterocycles. The fraction of sp³-hybridized carbons (Fsp3) is 0.188. The highest BCUT2D eigenvalue weighted by Crippen LogP contribution is 2.48. The average Bonchev–Trinajstić information content (AvgIpc) is 3.24. The molecule has 20 heavy (non-hydrogen) atoms. The Morgan fingerprint density at radius 2 is 1.65 bits per heavy atom. The van der Waals surface area contributed by atoms with E-state index in [1.807, 2.05) is 18.2 Å². The number of rotatable bonds is 3. The minimum absolute atomic E-state index is 0.00439. The Hall–Kier alpha value is -1.51. The number of nitrogens with one attached hydrogen (secondary N) is 1. The van der Waals surface area contributed by atoms with Crippen molar-refractivity contribution in [3.05, 3.63) is 64.1 Å². The van der Waals surface area contributed by atoms with Crippen molar-refractivity contribution in [2.24, 2.45) is 5.92 Å². The number of halogens is 2. The second-order valence-corrected chi connectivity index (χ2v) is 5.76. The van der Waals surface area contributed by atoms with Gasteiger partial charge in [-0.1, -0.05) is 59.6 Å². The smallest absolute Gasteiger partial charge is 0.228 e. The molecule has 2 unspecified atom stereocenters. The topological polar surface area (TPSA) is 29.1 Å². The lowest BCUT2D eigenvalue weighted by molar-refractivity contribution is -0.117. The van der Waals surface area contributed by atoms with Crippen LogP contribution in [-0.4, -0.2) is 5.91 Å². The summed E-state index contributed by atoms with van der Waals surface area (Å²) in [4.78, 5) is 12.2. The molecule has 1 N–H and O–H groups in total. The van der Waals surface area contributed by atoms with Gasteiger partial charge in [-0.05, 0) is 30.0 Å². The zero-order valence-electron chi connectivity index (χ0n) is 10.6. The van der Waals surface area contributed by atoms with E-state index in [0.29, 0.717) is 21.7 Å². The molecular weight excluding hydrogens is 293 g/mol. The maximum atomic E-state index is 12.2. The van der Waals surface area contributed by atoms with Crippen LogP contribution in [0.2, 0.25) is 10.0 Å². The number of hydrogen-bond acceptors (Lipinski definition) is 1. The van der Waals surface area contributed by atoms with Gasteiger partial charge in [0.05, 0.1) is 15.7 Å². The Kier molecular flexibility index (Phi) is 3.68. The van der Waals surface area contributed by atoms with Crippen LogP contribution in [0.3, 0.4) is 0 Å². The Balaban J connectivity index is 1.70. The second-order valence-electron chi connectivity index (χ2n) is 4.95. The molecule has 0 saturated heterocycles. The van der Waals surface area contributed by atoms with Gasteiger partial charge in [-0.2, -0.15) is 0 Å². The zero-order chi connectivity index (χ0) is 14.1. The number of para-hydroxylation sites is 1. The second kappa shape index (κ2) is 5.47. The fourth-order valence-electron chi connectivity index (χ4n) is 2.39.